The second-order valence-corrected chi connectivity index (χ2v) is 6.73. The Bertz CT molecular complexity index is 638. The van der Waals surface area contributed by atoms with Crippen molar-refractivity contribution >= 4 is 0 Å². The van der Waals surface area contributed by atoms with Crippen molar-refractivity contribution in [1.82, 2.24) is 19.5 Å². The van der Waals surface area contributed by atoms with E-state index in [9.17, 15) is 4.39 Å². The number of likely N-dealkylation sites (N-methyl/N-ethyl adjacent to an activating group) is 1. The average Bonchev–Trinajstić information content (AvgIpc) is 3.14. The minimum absolute atomic E-state index is 0.212. The van der Waals surface area contributed by atoms with Crippen LogP contribution in [0.25, 0.3) is 0 Å². The normalized spacial score (nSPS) is 22.3. The van der Waals surface area contributed by atoms with Crippen LogP contribution >= 0.6 is 0 Å². The molecule has 0 unspecified atom stereocenters. The third kappa shape index (κ3) is 4.20. The molecule has 0 saturated carbocycles. The second kappa shape index (κ2) is 6.84. The Morgan fingerprint density at radius 1 is 1.48 bits per heavy atom. The van der Waals surface area contributed by atoms with Gasteiger partial charge in [-0.2, -0.15) is 0 Å². The van der Waals surface area contributed by atoms with E-state index >= 15 is 0 Å². The van der Waals surface area contributed by atoms with Gasteiger partial charge in [0.15, 0.2) is 5.76 Å². The maximum absolute atomic E-state index is 13.9. The van der Waals surface area contributed by atoms with E-state index in [0.717, 1.165) is 24.5 Å². The number of aromatic nitrogens is 2. The van der Waals surface area contributed by atoms with Crippen molar-refractivity contribution < 1.29 is 8.91 Å². The van der Waals surface area contributed by atoms with Crippen molar-refractivity contribution in [2.45, 2.75) is 38.6 Å². The molecule has 0 spiro atoms. The van der Waals surface area contributed by atoms with E-state index in [-0.39, 0.29) is 6.04 Å². The van der Waals surface area contributed by atoms with E-state index in [1.807, 2.05) is 20.0 Å². The molecule has 0 aromatic carbocycles. The van der Waals surface area contributed by atoms with Crippen molar-refractivity contribution in [2.75, 3.05) is 20.1 Å². The number of alkyl halides is 1. The topological polar surface area (TPSA) is 37.4 Å². The maximum atomic E-state index is 13.9. The summed E-state index contributed by atoms with van der Waals surface area (Å²) in [5, 5.41) is 3.91. The minimum Gasteiger partial charge on any atom is -0.360 e. The zero-order valence-corrected chi connectivity index (χ0v) is 14.1. The van der Waals surface area contributed by atoms with Gasteiger partial charge in [-0.15, -0.1) is 0 Å². The number of nitrogens with zero attached hydrogens (tertiary/aromatic N) is 4. The fourth-order valence-electron chi connectivity index (χ4n) is 3.39. The lowest BCUT2D eigenvalue weighted by Gasteiger charge is -2.27. The maximum Gasteiger partial charge on any atom is 0.150 e. The quantitative estimate of drug-likeness (QED) is 0.819. The highest BCUT2D eigenvalue weighted by Crippen LogP contribution is 2.24. The molecule has 1 saturated heterocycles. The van der Waals surface area contributed by atoms with Gasteiger partial charge in [-0.05, 0) is 32.0 Å². The molecule has 0 aliphatic carbocycles. The molecule has 126 valence electrons. The van der Waals surface area contributed by atoms with Crippen LogP contribution in [0.15, 0.2) is 29.0 Å². The van der Waals surface area contributed by atoms with Crippen LogP contribution < -0.4 is 0 Å². The van der Waals surface area contributed by atoms with Crippen molar-refractivity contribution in [3.63, 3.8) is 0 Å². The fourth-order valence-corrected chi connectivity index (χ4v) is 3.39. The Labute approximate surface area is 136 Å². The summed E-state index contributed by atoms with van der Waals surface area (Å²) in [6.07, 6.45) is 4.01. The van der Waals surface area contributed by atoms with Crippen LogP contribution in [-0.2, 0) is 20.1 Å². The Morgan fingerprint density at radius 3 is 2.96 bits per heavy atom. The predicted octanol–water partition coefficient (Wildman–Crippen LogP) is 2.37. The molecule has 1 aliphatic rings. The summed E-state index contributed by atoms with van der Waals surface area (Å²) in [7, 11) is 4.12. The highest BCUT2D eigenvalue weighted by molar-refractivity contribution is 5.09. The second-order valence-electron chi connectivity index (χ2n) is 6.73. The average molecular weight is 320 g/mol. The number of halogens is 1. The number of aryl methyl sites for hydroxylation is 2. The SMILES string of the molecule is Cc1cc(CN2C[C@@H](F)C[C@H]2CN(C)Cc2ccn(C)c2)on1. The molecule has 0 amide bonds. The first-order valence-corrected chi connectivity index (χ1v) is 8.09. The first kappa shape index (κ1) is 16.2. The van der Waals surface area contributed by atoms with E-state index < -0.39 is 6.17 Å². The number of likely N-dealkylation sites (tertiary alicyclic amines) is 1. The molecule has 2 aromatic heterocycles. The Morgan fingerprint density at radius 2 is 2.30 bits per heavy atom. The smallest absolute Gasteiger partial charge is 0.150 e. The Hall–Kier alpha value is -1.66. The summed E-state index contributed by atoms with van der Waals surface area (Å²) in [6.45, 7) is 4.74. The lowest BCUT2D eigenvalue weighted by molar-refractivity contribution is 0.166. The first-order valence-electron chi connectivity index (χ1n) is 8.09. The van der Waals surface area contributed by atoms with E-state index in [1.54, 1.807) is 0 Å². The molecular formula is C17H25FN4O. The highest BCUT2D eigenvalue weighted by Gasteiger charge is 2.33. The van der Waals surface area contributed by atoms with Crippen LogP contribution in [0.5, 0.6) is 0 Å². The summed E-state index contributed by atoms with van der Waals surface area (Å²) < 4.78 is 21.2. The van der Waals surface area contributed by atoms with Gasteiger partial charge in [-0.1, -0.05) is 5.16 Å². The van der Waals surface area contributed by atoms with E-state index in [4.69, 9.17) is 4.52 Å². The molecule has 1 fully saturated rings. The fraction of sp³-hybridized carbons (Fsp3) is 0.588. The monoisotopic (exact) mass is 320 g/mol. The molecule has 2 atom stereocenters. The number of hydrogen-bond acceptors (Lipinski definition) is 4. The van der Waals surface area contributed by atoms with Crippen LogP contribution in [0.4, 0.5) is 4.39 Å². The molecule has 0 radical (unpaired) electrons. The van der Waals surface area contributed by atoms with E-state index in [2.05, 4.69) is 45.0 Å². The van der Waals surface area contributed by atoms with Gasteiger partial charge in [0.05, 0.1) is 12.2 Å². The van der Waals surface area contributed by atoms with E-state index in [0.29, 0.717) is 19.5 Å². The van der Waals surface area contributed by atoms with Gasteiger partial charge in [-0.25, -0.2) is 4.39 Å². The molecule has 6 heteroatoms. The first-order chi connectivity index (χ1) is 11.0. The minimum atomic E-state index is -0.755. The molecular weight excluding hydrogens is 295 g/mol. The summed E-state index contributed by atoms with van der Waals surface area (Å²) >= 11 is 0. The van der Waals surface area contributed by atoms with Gasteiger partial charge in [0.25, 0.3) is 0 Å². The van der Waals surface area contributed by atoms with Crippen molar-refractivity contribution in [2.24, 2.45) is 7.05 Å². The third-order valence-corrected chi connectivity index (χ3v) is 4.38. The standard InChI is InChI=1S/C17H25FN4O/c1-13-6-17(23-19-13)12-22-10-15(18)7-16(22)11-21(3)9-14-4-5-20(2)8-14/h4-6,8,15-16H,7,9-12H2,1-3H3/t15-,16-/m0/s1. The Balaban J connectivity index is 1.58. The van der Waals surface area contributed by atoms with Gasteiger partial charge in [0.1, 0.15) is 6.17 Å². The van der Waals surface area contributed by atoms with Crippen LogP contribution in [0.3, 0.4) is 0 Å². The Kier molecular flexibility index (Phi) is 4.82. The molecule has 0 bridgehead atoms. The van der Waals surface area contributed by atoms with E-state index in [1.165, 1.54) is 5.56 Å². The molecule has 5 nitrogen and oxygen atoms in total. The van der Waals surface area contributed by atoms with Crippen molar-refractivity contribution in [1.29, 1.82) is 0 Å². The molecule has 23 heavy (non-hydrogen) atoms. The van der Waals surface area contributed by atoms with Crippen molar-refractivity contribution in [3.8, 4) is 0 Å². The summed E-state index contributed by atoms with van der Waals surface area (Å²) in [6, 6.07) is 4.26. The molecule has 3 rings (SSSR count). The summed E-state index contributed by atoms with van der Waals surface area (Å²) in [5.74, 6) is 0.812. The zero-order valence-electron chi connectivity index (χ0n) is 14.1. The van der Waals surface area contributed by atoms with Crippen LogP contribution in [0.2, 0.25) is 0 Å². The van der Waals surface area contributed by atoms with Gasteiger partial charge in [0, 0.05) is 51.2 Å². The van der Waals surface area contributed by atoms with Crippen LogP contribution in [0.1, 0.15) is 23.4 Å². The summed E-state index contributed by atoms with van der Waals surface area (Å²) in [5.41, 5.74) is 2.15. The zero-order chi connectivity index (χ0) is 16.4. The van der Waals surface area contributed by atoms with Crippen LogP contribution in [-0.4, -0.2) is 51.9 Å². The van der Waals surface area contributed by atoms with Gasteiger partial charge in [-0.3, -0.25) is 4.90 Å². The number of hydrogen-bond donors (Lipinski definition) is 0. The summed E-state index contributed by atoms with van der Waals surface area (Å²) in [4.78, 5) is 4.43. The molecule has 3 heterocycles. The number of rotatable bonds is 6. The molecule has 0 N–H and O–H groups in total. The lowest BCUT2D eigenvalue weighted by Crippen LogP contribution is -2.38. The lowest BCUT2D eigenvalue weighted by atomic mass is 10.2. The largest absolute Gasteiger partial charge is 0.360 e. The van der Waals surface area contributed by atoms with Gasteiger partial charge < -0.3 is 14.0 Å². The van der Waals surface area contributed by atoms with Gasteiger partial charge >= 0.3 is 0 Å². The molecule has 1 aliphatic heterocycles. The van der Waals surface area contributed by atoms with Gasteiger partial charge in [0.2, 0.25) is 0 Å². The predicted molar refractivity (Wildman–Crippen MR) is 86.7 cm³/mol. The third-order valence-electron chi connectivity index (χ3n) is 4.38. The highest BCUT2D eigenvalue weighted by atomic mass is 19.1. The molecule has 2 aromatic rings. The van der Waals surface area contributed by atoms with Crippen molar-refractivity contribution in [3.05, 3.63) is 41.5 Å². The van der Waals surface area contributed by atoms with Crippen LogP contribution in [0, 0.1) is 6.92 Å².